The maximum absolute atomic E-state index is 12.4. The van der Waals surface area contributed by atoms with Crippen LogP contribution >= 0.6 is 0 Å². The van der Waals surface area contributed by atoms with Crippen molar-refractivity contribution in [2.75, 3.05) is 6.61 Å². The Kier molecular flexibility index (Phi) is 4.31. The van der Waals surface area contributed by atoms with Gasteiger partial charge in [0.2, 0.25) is 5.91 Å². The zero-order valence-corrected chi connectivity index (χ0v) is 14.5. The van der Waals surface area contributed by atoms with Gasteiger partial charge in [0.15, 0.2) is 0 Å². The Morgan fingerprint density at radius 1 is 1.20 bits per heavy atom. The normalized spacial score (nSPS) is 17.2. The van der Waals surface area contributed by atoms with Gasteiger partial charge < -0.3 is 10.1 Å². The van der Waals surface area contributed by atoms with E-state index in [4.69, 9.17) is 4.74 Å². The van der Waals surface area contributed by atoms with Crippen molar-refractivity contribution in [3.8, 4) is 5.75 Å². The summed E-state index contributed by atoms with van der Waals surface area (Å²) >= 11 is 0. The number of benzene rings is 2. The third-order valence-corrected chi connectivity index (χ3v) is 4.97. The molecule has 128 valence electrons. The van der Waals surface area contributed by atoms with E-state index in [1.165, 1.54) is 29.5 Å². The van der Waals surface area contributed by atoms with Crippen molar-refractivity contribution in [3.05, 3.63) is 70.8 Å². The molecule has 1 saturated carbocycles. The first-order chi connectivity index (χ1) is 12.2. The first-order valence-corrected chi connectivity index (χ1v) is 9.00. The van der Waals surface area contributed by atoms with Crippen molar-refractivity contribution in [2.45, 2.75) is 32.2 Å². The molecule has 0 bridgehead atoms. The standard InChI is InChI=1S/C22H23NO2/c1-15-2-6-17(7-3-15)22(18-8-9-18)23-21(24)11-5-16-4-10-20-19(14-16)12-13-25-20/h2-7,10-11,14,18,22H,8-9,12-13H2,1H3,(H,23,24)/b11-5+. The summed E-state index contributed by atoms with van der Waals surface area (Å²) in [6.45, 7) is 2.83. The predicted octanol–water partition coefficient (Wildman–Crippen LogP) is 4.21. The van der Waals surface area contributed by atoms with E-state index >= 15 is 0 Å². The van der Waals surface area contributed by atoms with E-state index in [1.54, 1.807) is 6.08 Å². The molecule has 1 atom stereocenters. The number of fused-ring (bicyclic) bond motifs is 1. The van der Waals surface area contributed by atoms with Crippen LogP contribution in [0.15, 0.2) is 48.5 Å². The van der Waals surface area contributed by atoms with Crippen LogP contribution in [-0.4, -0.2) is 12.5 Å². The molecule has 1 aliphatic heterocycles. The van der Waals surface area contributed by atoms with Gasteiger partial charge in [0.25, 0.3) is 0 Å². The summed E-state index contributed by atoms with van der Waals surface area (Å²) in [5, 5.41) is 3.19. The van der Waals surface area contributed by atoms with Crippen LogP contribution in [0.3, 0.4) is 0 Å². The van der Waals surface area contributed by atoms with Crippen molar-refractivity contribution >= 4 is 12.0 Å². The topological polar surface area (TPSA) is 38.3 Å². The second-order valence-corrected chi connectivity index (χ2v) is 7.03. The molecule has 0 saturated heterocycles. The summed E-state index contributed by atoms with van der Waals surface area (Å²) in [5.74, 6) is 1.50. The second kappa shape index (κ2) is 6.75. The Labute approximate surface area is 148 Å². The van der Waals surface area contributed by atoms with Gasteiger partial charge >= 0.3 is 0 Å². The molecule has 1 N–H and O–H groups in total. The summed E-state index contributed by atoms with van der Waals surface area (Å²) < 4.78 is 5.52. The first-order valence-electron chi connectivity index (χ1n) is 9.00. The Hall–Kier alpha value is -2.55. The number of rotatable bonds is 5. The lowest BCUT2D eigenvalue weighted by Gasteiger charge is -2.18. The highest BCUT2D eigenvalue weighted by Crippen LogP contribution is 2.41. The molecule has 3 heteroatoms. The summed E-state index contributed by atoms with van der Waals surface area (Å²) in [5.41, 5.74) is 4.70. The van der Waals surface area contributed by atoms with E-state index in [-0.39, 0.29) is 11.9 Å². The maximum Gasteiger partial charge on any atom is 0.244 e. The van der Waals surface area contributed by atoms with E-state index in [0.29, 0.717) is 5.92 Å². The molecular weight excluding hydrogens is 310 g/mol. The fraction of sp³-hybridized carbons (Fsp3) is 0.318. The number of ether oxygens (including phenoxy) is 1. The van der Waals surface area contributed by atoms with Crippen LogP contribution in [0.1, 0.15) is 41.1 Å². The molecule has 0 aromatic heterocycles. The quantitative estimate of drug-likeness (QED) is 0.832. The fourth-order valence-corrected chi connectivity index (χ4v) is 3.36. The van der Waals surface area contributed by atoms with Gasteiger partial charge in [-0.2, -0.15) is 0 Å². The van der Waals surface area contributed by atoms with Crippen molar-refractivity contribution < 1.29 is 9.53 Å². The van der Waals surface area contributed by atoms with Crippen molar-refractivity contribution in [1.29, 1.82) is 0 Å². The summed E-state index contributed by atoms with van der Waals surface area (Å²) in [7, 11) is 0. The number of nitrogens with one attached hydrogen (secondary N) is 1. The van der Waals surface area contributed by atoms with Crippen molar-refractivity contribution in [3.63, 3.8) is 0 Å². The van der Waals surface area contributed by atoms with Crippen LogP contribution in [0.4, 0.5) is 0 Å². The Morgan fingerprint density at radius 2 is 2.00 bits per heavy atom. The molecule has 1 heterocycles. The minimum atomic E-state index is -0.0331. The van der Waals surface area contributed by atoms with Gasteiger partial charge in [-0.25, -0.2) is 0 Å². The highest BCUT2D eigenvalue weighted by molar-refractivity contribution is 5.92. The third-order valence-electron chi connectivity index (χ3n) is 4.97. The molecule has 1 fully saturated rings. The molecule has 1 amide bonds. The van der Waals surface area contributed by atoms with Gasteiger partial charge in [-0.3, -0.25) is 4.79 Å². The monoisotopic (exact) mass is 333 g/mol. The van der Waals surface area contributed by atoms with E-state index in [1.807, 2.05) is 18.2 Å². The molecule has 25 heavy (non-hydrogen) atoms. The van der Waals surface area contributed by atoms with E-state index in [2.05, 4.69) is 42.6 Å². The smallest absolute Gasteiger partial charge is 0.244 e. The highest BCUT2D eigenvalue weighted by Gasteiger charge is 2.33. The number of hydrogen-bond acceptors (Lipinski definition) is 2. The molecule has 2 aliphatic rings. The maximum atomic E-state index is 12.4. The SMILES string of the molecule is Cc1ccc(C(NC(=O)/C=C/c2ccc3c(c2)CCO3)C2CC2)cc1. The highest BCUT2D eigenvalue weighted by atomic mass is 16.5. The summed E-state index contributed by atoms with van der Waals surface area (Å²) in [6, 6.07) is 14.7. The van der Waals surface area contributed by atoms with Crippen LogP contribution < -0.4 is 10.1 Å². The van der Waals surface area contributed by atoms with Crippen LogP contribution in [-0.2, 0) is 11.2 Å². The number of carbonyl (C=O) groups is 1. The second-order valence-electron chi connectivity index (χ2n) is 7.03. The van der Waals surface area contributed by atoms with Crippen molar-refractivity contribution in [2.24, 2.45) is 5.92 Å². The van der Waals surface area contributed by atoms with E-state index < -0.39 is 0 Å². The fourth-order valence-electron chi connectivity index (χ4n) is 3.36. The number of aryl methyl sites for hydroxylation is 1. The van der Waals surface area contributed by atoms with Crippen molar-refractivity contribution in [1.82, 2.24) is 5.32 Å². The van der Waals surface area contributed by atoms with Crippen LogP contribution in [0.2, 0.25) is 0 Å². The van der Waals surface area contributed by atoms with Gasteiger partial charge in [-0.1, -0.05) is 35.9 Å². The lowest BCUT2D eigenvalue weighted by Crippen LogP contribution is -2.28. The van der Waals surface area contributed by atoms with E-state index in [0.717, 1.165) is 24.3 Å². The molecule has 2 aromatic carbocycles. The van der Waals surface area contributed by atoms with E-state index in [9.17, 15) is 4.79 Å². The number of carbonyl (C=O) groups excluding carboxylic acids is 1. The molecule has 3 nitrogen and oxygen atoms in total. The molecular formula is C22H23NO2. The van der Waals surface area contributed by atoms with Gasteiger partial charge in [-0.05, 0) is 60.6 Å². The zero-order chi connectivity index (χ0) is 17.2. The lowest BCUT2D eigenvalue weighted by atomic mass is 10.0. The Bertz CT molecular complexity index is 803. The Balaban J connectivity index is 1.44. The summed E-state index contributed by atoms with van der Waals surface area (Å²) in [6.07, 6.45) is 6.84. The molecule has 1 unspecified atom stereocenters. The summed E-state index contributed by atoms with van der Waals surface area (Å²) in [4.78, 5) is 12.4. The lowest BCUT2D eigenvalue weighted by molar-refractivity contribution is -0.117. The predicted molar refractivity (Wildman–Crippen MR) is 99.5 cm³/mol. The van der Waals surface area contributed by atoms with Gasteiger partial charge in [0.05, 0.1) is 12.6 Å². The minimum Gasteiger partial charge on any atom is -0.493 e. The first kappa shape index (κ1) is 15.9. The molecule has 1 aliphatic carbocycles. The molecule has 2 aromatic rings. The van der Waals surface area contributed by atoms with Crippen LogP contribution in [0.25, 0.3) is 6.08 Å². The average Bonchev–Trinajstić information content (AvgIpc) is 3.35. The number of hydrogen-bond donors (Lipinski definition) is 1. The average molecular weight is 333 g/mol. The van der Waals surface area contributed by atoms with Gasteiger partial charge in [-0.15, -0.1) is 0 Å². The molecule has 4 rings (SSSR count). The Morgan fingerprint density at radius 3 is 2.76 bits per heavy atom. The van der Waals surface area contributed by atoms with Crippen LogP contribution in [0, 0.1) is 12.8 Å². The number of amides is 1. The third kappa shape index (κ3) is 3.76. The van der Waals surface area contributed by atoms with Crippen LogP contribution in [0.5, 0.6) is 5.75 Å². The zero-order valence-electron chi connectivity index (χ0n) is 14.5. The molecule has 0 spiro atoms. The van der Waals surface area contributed by atoms with Gasteiger partial charge in [0.1, 0.15) is 5.75 Å². The molecule has 0 radical (unpaired) electrons. The largest absolute Gasteiger partial charge is 0.493 e. The van der Waals surface area contributed by atoms with Gasteiger partial charge in [0, 0.05) is 12.5 Å². The minimum absolute atomic E-state index is 0.0331.